The largest absolute Gasteiger partial charge is 0.334 e. The van der Waals surface area contributed by atoms with Gasteiger partial charge in [0.2, 0.25) is 11.7 Å². The number of carbonyl (C=O) groups is 1. The maximum atomic E-state index is 11.1. The van der Waals surface area contributed by atoms with Crippen molar-refractivity contribution >= 4 is 41.1 Å². The molecule has 2 aromatic heterocycles. The molecule has 0 atom stereocenters. The standard InChI is InChI=1S/C20H17N5O3/c1-14(26)23-19-10-9-16(13-22-19)8-7-15-4-2-5-17(12-15)24-20-18(25(27)28)6-3-11-21-20/h2-13H,1H3,(H,21,24)(H,22,23,26)/b8-7+. The molecule has 0 saturated carbocycles. The van der Waals surface area contributed by atoms with Gasteiger partial charge >= 0.3 is 5.69 Å². The van der Waals surface area contributed by atoms with Crippen LogP contribution in [0.1, 0.15) is 18.1 Å². The van der Waals surface area contributed by atoms with Crippen molar-refractivity contribution in [2.45, 2.75) is 6.92 Å². The van der Waals surface area contributed by atoms with Crippen LogP contribution in [-0.4, -0.2) is 20.8 Å². The van der Waals surface area contributed by atoms with Crippen molar-refractivity contribution in [1.29, 1.82) is 0 Å². The minimum Gasteiger partial charge on any atom is -0.334 e. The van der Waals surface area contributed by atoms with Crippen molar-refractivity contribution in [3.63, 3.8) is 0 Å². The topological polar surface area (TPSA) is 110 Å². The number of aromatic nitrogens is 2. The van der Waals surface area contributed by atoms with E-state index in [1.165, 1.54) is 25.3 Å². The molecular formula is C20H17N5O3. The molecule has 0 aliphatic rings. The van der Waals surface area contributed by atoms with Crippen LogP contribution >= 0.6 is 0 Å². The highest BCUT2D eigenvalue weighted by atomic mass is 16.6. The first-order valence-electron chi connectivity index (χ1n) is 8.39. The SMILES string of the molecule is CC(=O)Nc1ccc(/C=C/c2cccc(Nc3ncccc3[N+](=O)[O-])c2)cn1. The van der Waals surface area contributed by atoms with E-state index in [9.17, 15) is 14.9 Å². The van der Waals surface area contributed by atoms with Gasteiger partial charge in [0, 0.05) is 31.1 Å². The zero-order valence-electron chi connectivity index (χ0n) is 15.0. The first kappa shape index (κ1) is 18.7. The summed E-state index contributed by atoms with van der Waals surface area (Å²) in [5, 5.41) is 16.7. The van der Waals surface area contributed by atoms with Gasteiger partial charge in [-0.05, 0) is 41.5 Å². The van der Waals surface area contributed by atoms with E-state index >= 15 is 0 Å². The van der Waals surface area contributed by atoms with Crippen LogP contribution in [0.25, 0.3) is 12.2 Å². The molecule has 2 heterocycles. The predicted octanol–water partition coefficient (Wildman–Crippen LogP) is 4.26. The van der Waals surface area contributed by atoms with E-state index in [2.05, 4.69) is 20.6 Å². The fourth-order valence-electron chi connectivity index (χ4n) is 2.45. The molecule has 28 heavy (non-hydrogen) atoms. The van der Waals surface area contributed by atoms with Crippen molar-refractivity contribution in [3.05, 3.63) is 82.2 Å². The Kier molecular flexibility index (Phi) is 5.71. The lowest BCUT2D eigenvalue weighted by Gasteiger charge is -2.06. The first-order valence-corrected chi connectivity index (χ1v) is 8.39. The van der Waals surface area contributed by atoms with Crippen molar-refractivity contribution < 1.29 is 9.72 Å². The molecule has 140 valence electrons. The molecule has 3 aromatic rings. The Hall–Kier alpha value is -4.07. The van der Waals surface area contributed by atoms with E-state index in [1.54, 1.807) is 18.3 Å². The van der Waals surface area contributed by atoms with Crippen LogP contribution in [0.3, 0.4) is 0 Å². The number of amides is 1. The first-order chi connectivity index (χ1) is 13.5. The number of benzene rings is 1. The summed E-state index contributed by atoms with van der Waals surface area (Å²) in [6.07, 6.45) is 6.93. The number of nitro groups is 1. The van der Waals surface area contributed by atoms with E-state index in [0.29, 0.717) is 11.5 Å². The number of pyridine rings is 2. The van der Waals surface area contributed by atoms with E-state index in [0.717, 1.165) is 11.1 Å². The smallest absolute Gasteiger partial charge is 0.311 e. The Bertz CT molecular complexity index is 1030. The second-order valence-corrected chi connectivity index (χ2v) is 5.87. The molecule has 1 amide bonds. The van der Waals surface area contributed by atoms with E-state index in [-0.39, 0.29) is 17.4 Å². The molecule has 0 spiro atoms. The van der Waals surface area contributed by atoms with Crippen molar-refractivity contribution in [2.24, 2.45) is 0 Å². The van der Waals surface area contributed by atoms with Gasteiger partial charge in [0.25, 0.3) is 0 Å². The van der Waals surface area contributed by atoms with Gasteiger partial charge in [0.1, 0.15) is 5.82 Å². The highest BCUT2D eigenvalue weighted by Gasteiger charge is 2.13. The van der Waals surface area contributed by atoms with E-state index < -0.39 is 4.92 Å². The van der Waals surface area contributed by atoms with Crippen molar-refractivity contribution in [1.82, 2.24) is 9.97 Å². The number of hydrogen-bond donors (Lipinski definition) is 2. The molecule has 0 aliphatic carbocycles. The Balaban J connectivity index is 1.74. The Morgan fingerprint density at radius 2 is 1.89 bits per heavy atom. The number of nitrogens with one attached hydrogen (secondary N) is 2. The number of carbonyl (C=O) groups excluding carboxylic acids is 1. The summed E-state index contributed by atoms with van der Waals surface area (Å²) >= 11 is 0. The third kappa shape index (κ3) is 4.98. The maximum absolute atomic E-state index is 11.1. The molecule has 8 nitrogen and oxygen atoms in total. The fraction of sp³-hybridized carbons (Fsp3) is 0.0500. The molecule has 0 unspecified atom stereocenters. The lowest BCUT2D eigenvalue weighted by molar-refractivity contribution is -0.384. The second-order valence-electron chi connectivity index (χ2n) is 5.87. The van der Waals surface area contributed by atoms with Crippen LogP contribution in [-0.2, 0) is 4.79 Å². The number of nitrogens with zero attached hydrogens (tertiary/aromatic N) is 3. The zero-order valence-corrected chi connectivity index (χ0v) is 15.0. The minimum atomic E-state index is -0.475. The average Bonchev–Trinajstić information content (AvgIpc) is 2.68. The monoisotopic (exact) mass is 375 g/mol. The van der Waals surface area contributed by atoms with Gasteiger partial charge in [0.05, 0.1) is 4.92 Å². The molecule has 0 radical (unpaired) electrons. The quantitative estimate of drug-likeness (QED) is 0.492. The molecule has 1 aromatic carbocycles. The molecule has 0 fully saturated rings. The summed E-state index contributed by atoms with van der Waals surface area (Å²) in [4.78, 5) is 29.8. The third-order valence-corrected chi connectivity index (χ3v) is 3.69. The summed E-state index contributed by atoms with van der Waals surface area (Å²) < 4.78 is 0. The molecule has 0 saturated heterocycles. The number of rotatable bonds is 6. The second kappa shape index (κ2) is 8.54. The molecular weight excluding hydrogens is 358 g/mol. The van der Waals surface area contributed by atoms with Gasteiger partial charge in [-0.3, -0.25) is 14.9 Å². The number of hydrogen-bond acceptors (Lipinski definition) is 6. The van der Waals surface area contributed by atoms with E-state index in [4.69, 9.17) is 0 Å². The van der Waals surface area contributed by atoms with Gasteiger partial charge < -0.3 is 10.6 Å². The van der Waals surface area contributed by atoms with Gasteiger partial charge in [-0.1, -0.05) is 24.3 Å². The predicted molar refractivity (Wildman–Crippen MR) is 108 cm³/mol. The summed E-state index contributed by atoms with van der Waals surface area (Å²) in [5.41, 5.74) is 2.36. The Morgan fingerprint density at radius 3 is 2.61 bits per heavy atom. The number of anilines is 3. The van der Waals surface area contributed by atoms with Crippen molar-refractivity contribution in [3.8, 4) is 0 Å². The molecule has 0 bridgehead atoms. The summed E-state index contributed by atoms with van der Waals surface area (Å²) in [6.45, 7) is 1.43. The zero-order chi connectivity index (χ0) is 19.9. The average molecular weight is 375 g/mol. The van der Waals surface area contributed by atoms with Crippen LogP contribution in [0.15, 0.2) is 60.9 Å². The lowest BCUT2D eigenvalue weighted by Crippen LogP contribution is -2.06. The third-order valence-electron chi connectivity index (χ3n) is 3.69. The van der Waals surface area contributed by atoms with Crippen LogP contribution in [0.5, 0.6) is 0 Å². The molecule has 8 heteroatoms. The van der Waals surface area contributed by atoms with E-state index in [1.807, 2.05) is 36.4 Å². The molecule has 2 N–H and O–H groups in total. The molecule has 0 aliphatic heterocycles. The minimum absolute atomic E-state index is 0.0891. The van der Waals surface area contributed by atoms with Crippen LogP contribution in [0.4, 0.5) is 23.0 Å². The summed E-state index contributed by atoms with van der Waals surface area (Å²) in [7, 11) is 0. The van der Waals surface area contributed by atoms with Gasteiger partial charge in [-0.2, -0.15) is 0 Å². The lowest BCUT2D eigenvalue weighted by atomic mass is 10.1. The normalized spacial score (nSPS) is 10.6. The maximum Gasteiger partial charge on any atom is 0.311 e. The highest BCUT2D eigenvalue weighted by molar-refractivity contribution is 5.87. The van der Waals surface area contributed by atoms with Crippen molar-refractivity contribution in [2.75, 3.05) is 10.6 Å². The van der Waals surface area contributed by atoms with Crippen LogP contribution in [0, 0.1) is 10.1 Å². The van der Waals surface area contributed by atoms with Gasteiger partial charge in [-0.25, -0.2) is 9.97 Å². The Labute approximate surface area is 161 Å². The van der Waals surface area contributed by atoms with Crippen LogP contribution < -0.4 is 10.6 Å². The van der Waals surface area contributed by atoms with Crippen LogP contribution in [0.2, 0.25) is 0 Å². The molecule has 3 rings (SSSR count). The fourth-order valence-corrected chi connectivity index (χ4v) is 2.45. The van der Waals surface area contributed by atoms with Gasteiger partial charge in [-0.15, -0.1) is 0 Å². The van der Waals surface area contributed by atoms with Gasteiger partial charge in [0.15, 0.2) is 0 Å². The Morgan fingerprint density at radius 1 is 1.07 bits per heavy atom. The summed E-state index contributed by atoms with van der Waals surface area (Å²) in [5.74, 6) is 0.507. The summed E-state index contributed by atoms with van der Waals surface area (Å²) in [6, 6.07) is 13.9. The highest BCUT2D eigenvalue weighted by Crippen LogP contribution is 2.25.